The summed E-state index contributed by atoms with van der Waals surface area (Å²) < 4.78 is 2.60. The first kappa shape index (κ1) is 17.0. The summed E-state index contributed by atoms with van der Waals surface area (Å²) in [6.45, 7) is 10.3. The maximum atomic E-state index is 3.65. The van der Waals surface area contributed by atoms with Crippen LogP contribution in [0, 0.1) is 5.41 Å². The molecule has 1 aromatic heterocycles. The lowest BCUT2D eigenvalue weighted by Gasteiger charge is -2.25. The van der Waals surface area contributed by atoms with E-state index in [9.17, 15) is 0 Å². The van der Waals surface area contributed by atoms with E-state index in [0.29, 0.717) is 11.5 Å². The minimum atomic E-state index is 0.391. The topological polar surface area (TPSA) is 12.0 Å². The molecule has 0 aliphatic carbocycles. The first-order valence-electron chi connectivity index (χ1n) is 7.77. The van der Waals surface area contributed by atoms with Crippen LogP contribution in [0.2, 0.25) is 0 Å². The average Bonchev–Trinajstić information content (AvgIpc) is 2.80. The molecule has 1 heterocycles. The summed E-state index contributed by atoms with van der Waals surface area (Å²) in [5.74, 6) is 0. The molecule has 0 radical (unpaired) electrons. The number of hydrogen-bond donors (Lipinski definition) is 1. The van der Waals surface area contributed by atoms with Crippen LogP contribution >= 0.6 is 27.3 Å². The highest BCUT2D eigenvalue weighted by Gasteiger charge is 2.18. The molecule has 3 heteroatoms. The minimum Gasteiger partial charge on any atom is -0.315 e. The summed E-state index contributed by atoms with van der Waals surface area (Å²) in [6, 6.07) is 7.10. The second-order valence-corrected chi connectivity index (χ2v) is 8.63. The van der Waals surface area contributed by atoms with Gasteiger partial charge in [-0.05, 0) is 69.5 Å². The second-order valence-electron chi connectivity index (χ2n) is 6.90. The van der Waals surface area contributed by atoms with Gasteiger partial charge in [0.1, 0.15) is 0 Å². The van der Waals surface area contributed by atoms with Crippen LogP contribution in [0.15, 0.2) is 28.1 Å². The number of nitrogens with one attached hydrogen (secondary N) is 1. The Balaban J connectivity index is 1.96. The van der Waals surface area contributed by atoms with E-state index in [1.165, 1.54) is 39.4 Å². The van der Waals surface area contributed by atoms with Crippen molar-refractivity contribution in [3.63, 3.8) is 0 Å². The van der Waals surface area contributed by atoms with E-state index in [1.54, 1.807) is 0 Å². The molecule has 0 amide bonds. The van der Waals surface area contributed by atoms with Crippen LogP contribution in [-0.4, -0.2) is 12.6 Å². The third-order valence-corrected chi connectivity index (χ3v) is 6.06. The van der Waals surface area contributed by atoms with E-state index < -0.39 is 0 Å². The van der Waals surface area contributed by atoms with Crippen LogP contribution in [0.25, 0.3) is 10.1 Å². The molecule has 116 valence electrons. The van der Waals surface area contributed by atoms with Crippen molar-refractivity contribution in [2.75, 3.05) is 6.54 Å². The molecule has 0 saturated carbocycles. The fourth-order valence-electron chi connectivity index (χ4n) is 2.57. The summed E-state index contributed by atoms with van der Waals surface area (Å²) >= 11 is 5.50. The van der Waals surface area contributed by atoms with Gasteiger partial charge in [-0.15, -0.1) is 11.3 Å². The Labute approximate surface area is 141 Å². The molecule has 2 aromatic rings. The van der Waals surface area contributed by atoms with Crippen LogP contribution in [0.3, 0.4) is 0 Å². The summed E-state index contributed by atoms with van der Waals surface area (Å²) in [7, 11) is 0. The molecule has 1 N–H and O–H groups in total. The van der Waals surface area contributed by atoms with E-state index in [2.05, 4.69) is 72.5 Å². The quantitative estimate of drug-likeness (QED) is 0.631. The van der Waals surface area contributed by atoms with Crippen LogP contribution < -0.4 is 5.32 Å². The van der Waals surface area contributed by atoms with Crippen molar-refractivity contribution < 1.29 is 0 Å². The Morgan fingerprint density at radius 1 is 1.24 bits per heavy atom. The lowest BCUT2D eigenvalue weighted by molar-refractivity contribution is 0.299. The first-order chi connectivity index (χ1) is 9.89. The molecule has 1 nitrogen and oxygen atoms in total. The number of aryl methyl sites for hydroxylation is 1. The Morgan fingerprint density at radius 2 is 2.00 bits per heavy atom. The highest BCUT2D eigenvalue weighted by Crippen LogP contribution is 2.35. The van der Waals surface area contributed by atoms with Gasteiger partial charge in [-0.25, -0.2) is 0 Å². The van der Waals surface area contributed by atoms with Crippen molar-refractivity contribution in [1.29, 1.82) is 0 Å². The number of hydrogen-bond acceptors (Lipinski definition) is 2. The maximum Gasteiger partial charge on any atom is 0.0487 e. The third-order valence-electron chi connectivity index (χ3n) is 4.06. The molecule has 2 rings (SSSR count). The van der Waals surface area contributed by atoms with Crippen molar-refractivity contribution >= 4 is 37.4 Å². The number of rotatable bonds is 7. The molecule has 1 aromatic carbocycles. The highest BCUT2D eigenvalue weighted by molar-refractivity contribution is 9.10. The fourth-order valence-corrected chi connectivity index (χ4v) is 4.22. The Morgan fingerprint density at radius 3 is 2.71 bits per heavy atom. The van der Waals surface area contributed by atoms with Gasteiger partial charge in [0, 0.05) is 15.2 Å². The van der Waals surface area contributed by atoms with E-state index in [4.69, 9.17) is 0 Å². The molecule has 0 bridgehead atoms. The Kier molecular flexibility index (Phi) is 5.87. The zero-order valence-corrected chi connectivity index (χ0v) is 15.9. The van der Waals surface area contributed by atoms with Crippen LogP contribution in [-0.2, 0) is 6.42 Å². The zero-order valence-electron chi connectivity index (χ0n) is 13.5. The van der Waals surface area contributed by atoms with Crippen molar-refractivity contribution in [2.45, 2.75) is 53.0 Å². The SMILES string of the molecule is CC(C)NCCC(C)(C)CCc1csc2c(Br)cccc12. The van der Waals surface area contributed by atoms with Crippen LogP contribution in [0.4, 0.5) is 0 Å². The Hall–Kier alpha value is -0.380. The second kappa shape index (κ2) is 7.26. The van der Waals surface area contributed by atoms with E-state index in [1.807, 2.05) is 11.3 Å². The average molecular weight is 368 g/mol. The fraction of sp³-hybridized carbons (Fsp3) is 0.556. The zero-order chi connectivity index (χ0) is 15.5. The number of thiophene rings is 1. The van der Waals surface area contributed by atoms with Crippen molar-refractivity contribution in [1.82, 2.24) is 5.32 Å². The van der Waals surface area contributed by atoms with E-state index >= 15 is 0 Å². The minimum absolute atomic E-state index is 0.391. The van der Waals surface area contributed by atoms with Gasteiger partial charge in [0.05, 0.1) is 0 Å². The molecule has 0 aliphatic heterocycles. The standard InChI is InChI=1S/C18H26BrNS/c1-13(2)20-11-10-18(3,4)9-8-14-12-21-17-15(14)6-5-7-16(17)19/h5-7,12-13,20H,8-11H2,1-4H3. The molecule has 0 atom stereocenters. The molecule has 21 heavy (non-hydrogen) atoms. The lowest BCUT2D eigenvalue weighted by Crippen LogP contribution is -2.28. The van der Waals surface area contributed by atoms with Crippen LogP contribution in [0.1, 0.15) is 46.1 Å². The smallest absolute Gasteiger partial charge is 0.0487 e. The van der Waals surface area contributed by atoms with Gasteiger partial charge < -0.3 is 5.32 Å². The number of benzene rings is 1. The normalized spacial score (nSPS) is 12.5. The molecule has 0 spiro atoms. The summed E-state index contributed by atoms with van der Waals surface area (Å²) in [6.07, 6.45) is 3.65. The Bertz CT molecular complexity index is 586. The molecule has 0 unspecified atom stereocenters. The summed E-state index contributed by atoms with van der Waals surface area (Å²) in [5.41, 5.74) is 1.89. The molecular formula is C18H26BrNS. The number of halogens is 1. The van der Waals surface area contributed by atoms with Gasteiger partial charge in [-0.1, -0.05) is 39.8 Å². The van der Waals surface area contributed by atoms with E-state index in [0.717, 1.165) is 6.54 Å². The molecular weight excluding hydrogens is 342 g/mol. The highest BCUT2D eigenvalue weighted by atomic mass is 79.9. The summed E-state index contributed by atoms with van der Waals surface area (Å²) in [5, 5.41) is 7.28. The van der Waals surface area contributed by atoms with Gasteiger partial charge in [-0.3, -0.25) is 0 Å². The largest absolute Gasteiger partial charge is 0.315 e. The van der Waals surface area contributed by atoms with Crippen molar-refractivity contribution in [3.05, 3.63) is 33.6 Å². The molecule has 0 aliphatic rings. The van der Waals surface area contributed by atoms with Gasteiger partial charge in [0.25, 0.3) is 0 Å². The summed E-state index contributed by atoms with van der Waals surface area (Å²) in [4.78, 5) is 0. The lowest BCUT2D eigenvalue weighted by atomic mass is 9.83. The molecule has 0 fully saturated rings. The van der Waals surface area contributed by atoms with Crippen LogP contribution in [0.5, 0.6) is 0 Å². The van der Waals surface area contributed by atoms with Gasteiger partial charge in [0.15, 0.2) is 0 Å². The van der Waals surface area contributed by atoms with Gasteiger partial charge in [0.2, 0.25) is 0 Å². The van der Waals surface area contributed by atoms with Gasteiger partial charge in [-0.2, -0.15) is 0 Å². The predicted octanol–water partition coefficient (Wildman–Crippen LogP) is 6.01. The van der Waals surface area contributed by atoms with E-state index in [-0.39, 0.29) is 0 Å². The first-order valence-corrected chi connectivity index (χ1v) is 9.44. The number of fused-ring (bicyclic) bond motifs is 1. The van der Waals surface area contributed by atoms with Gasteiger partial charge >= 0.3 is 0 Å². The third kappa shape index (κ3) is 4.80. The van der Waals surface area contributed by atoms with Crippen molar-refractivity contribution in [3.8, 4) is 0 Å². The molecule has 0 saturated heterocycles. The van der Waals surface area contributed by atoms with Crippen molar-refractivity contribution in [2.24, 2.45) is 5.41 Å². The maximum absolute atomic E-state index is 3.65. The monoisotopic (exact) mass is 367 g/mol. The predicted molar refractivity (Wildman–Crippen MR) is 99.4 cm³/mol.